The summed E-state index contributed by atoms with van der Waals surface area (Å²) in [6, 6.07) is 11.0. The Kier molecular flexibility index (Phi) is 2.30. The number of hydrogen-bond acceptors (Lipinski definition) is 3. The Morgan fingerprint density at radius 3 is 2.72 bits per heavy atom. The van der Waals surface area contributed by atoms with E-state index < -0.39 is 5.91 Å². The van der Waals surface area contributed by atoms with E-state index in [0.29, 0.717) is 11.4 Å². The molecule has 1 aromatic carbocycles. The Morgan fingerprint density at radius 2 is 2.00 bits per heavy atom. The molecule has 0 spiro atoms. The number of nitrogens with zero attached hydrogens (tertiary/aromatic N) is 3. The summed E-state index contributed by atoms with van der Waals surface area (Å²) in [7, 11) is 0. The molecule has 0 atom stereocenters. The van der Waals surface area contributed by atoms with E-state index in [4.69, 9.17) is 5.73 Å². The summed E-state index contributed by atoms with van der Waals surface area (Å²) in [6.07, 6.45) is 3.30. The van der Waals surface area contributed by atoms with Crippen molar-refractivity contribution in [2.75, 3.05) is 0 Å². The number of carbonyl (C=O) groups excluding carboxylic acids is 1. The van der Waals surface area contributed by atoms with Crippen LogP contribution in [-0.4, -0.2) is 20.7 Å². The van der Waals surface area contributed by atoms with E-state index in [-0.39, 0.29) is 0 Å². The number of nitrogens with two attached hydrogens (primary N) is 1. The minimum absolute atomic E-state index is 0.374. The van der Waals surface area contributed by atoms with Crippen LogP contribution in [-0.2, 0) is 0 Å². The third-order valence-electron chi connectivity index (χ3n) is 2.70. The zero-order valence-electron chi connectivity index (χ0n) is 9.45. The predicted molar refractivity (Wildman–Crippen MR) is 67.4 cm³/mol. The second-order valence-corrected chi connectivity index (χ2v) is 3.85. The van der Waals surface area contributed by atoms with Crippen LogP contribution in [0, 0.1) is 0 Å². The molecule has 0 radical (unpaired) electrons. The summed E-state index contributed by atoms with van der Waals surface area (Å²) < 4.78 is 1.53. The van der Waals surface area contributed by atoms with Crippen LogP contribution in [0.1, 0.15) is 10.5 Å². The molecular weight excluding hydrogens is 228 g/mol. The Labute approximate surface area is 103 Å². The van der Waals surface area contributed by atoms with Crippen LogP contribution in [0.5, 0.6) is 0 Å². The fourth-order valence-electron chi connectivity index (χ4n) is 1.94. The van der Waals surface area contributed by atoms with Gasteiger partial charge in [-0.3, -0.25) is 9.78 Å². The van der Waals surface area contributed by atoms with Crippen molar-refractivity contribution in [3.63, 3.8) is 0 Å². The molecule has 2 heterocycles. The number of amides is 1. The van der Waals surface area contributed by atoms with E-state index in [0.717, 1.165) is 10.9 Å². The molecule has 1 amide bonds. The number of primary amides is 1. The van der Waals surface area contributed by atoms with Crippen LogP contribution in [0.4, 0.5) is 0 Å². The molecule has 18 heavy (non-hydrogen) atoms. The van der Waals surface area contributed by atoms with E-state index >= 15 is 0 Å². The highest BCUT2D eigenvalue weighted by atomic mass is 16.1. The minimum Gasteiger partial charge on any atom is -0.364 e. The van der Waals surface area contributed by atoms with Crippen molar-refractivity contribution in [3.8, 4) is 5.69 Å². The lowest BCUT2D eigenvalue weighted by Crippen LogP contribution is -2.17. The van der Waals surface area contributed by atoms with Crippen LogP contribution in [0.15, 0.2) is 48.8 Å². The average Bonchev–Trinajstić information content (AvgIpc) is 2.79. The van der Waals surface area contributed by atoms with Gasteiger partial charge in [-0.2, -0.15) is 5.10 Å². The smallest absolute Gasteiger partial charge is 0.268 e. The van der Waals surface area contributed by atoms with Crippen LogP contribution < -0.4 is 5.73 Å². The average molecular weight is 238 g/mol. The number of pyridine rings is 1. The Bertz CT molecular complexity index is 718. The monoisotopic (exact) mass is 238 g/mol. The molecule has 0 bridgehead atoms. The van der Waals surface area contributed by atoms with Crippen molar-refractivity contribution in [2.24, 2.45) is 5.73 Å². The summed E-state index contributed by atoms with van der Waals surface area (Å²) in [6.45, 7) is 0. The second kappa shape index (κ2) is 3.96. The molecule has 0 aliphatic heterocycles. The van der Waals surface area contributed by atoms with Gasteiger partial charge in [0.2, 0.25) is 0 Å². The van der Waals surface area contributed by atoms with Gasteiger partial charge in [-0.15, -0.1) is 0 Å². The molecule has 0 unspecified atom stereocenters. The lowest BCUT2D eigenvalue weighted by molar-refractivity contribution is 0.0994. The highest BCUT2D eigenvalue weighted by Gasteiger charge is 2.16. The first-order valence-corrected chi connectivity index (χ1v) is 5.45. The zero-order valence-corrected chi connectivity index (χ0v) is 9.45. The molecular formula is C13H10N4O. The van der Waals surface area contributed by atoms with Gasteiger partial charge in [0.25, 0.3) is 5.91 Å². The first-order valence-electron chi connectivity index (χ1n) is 5.45. The van der Waals surface area contributed by atoms with Crippen molar-refractivity contribution in [3.05, 3.63) is 54.5 Å². The number of fused-ring (bicyclic) bond motifs is 1. The van der Waals surface area contributed by atoms with Gasteiger partial charge in [-0.05, 0) is 18.2 Å². The fraction of sp³-hybridized carbons (Fsp3) is 0. The first-order chi connectivity index (χ1) is 8.77. The van der Waals surface area contributed by atoms with Crippen LogP contribution in [0.25, 0.3) is 16.6 Å². The van der Waals surface area contributed by atoms with Gasteiger partial charge in [-0.1, -0.05) is 18.2 Å². The van der Waals surface area contributed by atoms with Crippen molar-refractivity contribution < 1.29 is 4.79 Å². The van der Waals surface area contributed by atoms with Gasteiger partial charge >= 0.3 is 0 Å². The number of benzene rings is 1. The molecule has 0 fully saturated rings. The van der Waals surface area contributed by atoms with E-state index in [9.17, 15) is 4.79 Å². The topological polar surface area (TPSA) is 73.8 Å². The molecule has 5 heteroatoms. The van der Waals surface area contributed by atoms with E-state index in [1.165, 1.54) is 4.68 Å². The Morgan fingerprint density at radius 1 is 1.17 bits per heavy atom. The molecule has 2 aromatic heterocycles. The molecule has 5 nitrogen and oxygen atoms in total. The maximum Gasteiger partial charge on any atom is 0.268 e. The second-order valence-electron chi connectivity index (χ2n) is 3.85. The molecule has 88 valence electrons. The largest absolute Gasteiger partial charge is 0.364 e. The lowest BCUT2D eigenvalue weighted by atomic mass is 10.2. The van der Waals surface area contributed by atoms with Gasteiger partial charge in [0.05, 0.1) is 17.4 Å². The minimum atomic E-state index is -0.507. The third kappa shape index (κ3) is 1.53. The van der Waals surface area contributed by atoms with E-state index in [1.54, 1.807) is 18.5 Å². The fourth-order valence-corrected chi connectivity index (χ4v) is 1.94. The summed E-state index contributed by atoms with van der Waals surface area (Å²) in [5.74, 6) is -0.507. The predicted octanol–water partition coefficient (Wildman–Crippen LogP) is 1.52. The van der Waals surface area contributed by atoms with Gasteiger partial charge in [-0.25, -0.2) is 4.68 Å². The van der Waals surface area contributed by atoms with E-state index in [2.05, 4.69) is 10.1 Å². The normalized spacial score (nSPS) is 10.7. The number of carbonyl (C=O) groups is 1. The SMILES string of the molecule is NC(=O)c1c2ccccc2nn1-c1cccnc1. The molecule has 3 rings (SSSR count). The first kappa shape index (κ1) is 10.5. The molecule has 0 saturated carbocycles. The number of hydrogen-bond donors (Lipinski definition) is 1. The summed E-state index contributed by atoms with van der Waals surface area (Å²) in [5.41, 5.74) is 7.26. The van der Waals surface area contributed by atoms with Gasteiger partial charge in [0, 0.05) is 11.6 Å². The van der Waals surface area contributed by atoms with Crippen LogP contribution >= 0.6 is 0 Å². The summed E-state index contributed by atoms with van der Waals surface area (Å²) in [5, 5.41) is 5.12. The quantitative estimate of drug-likeness (QED) is 0.735. The van der Waals surface area contributed by atoms with Crippen molar-refractivity contribution in [2.45, 2.75) is 0 Å². The van der Waals surface area contributed by atoms with Crippen molar-refractivity contribution in [1.82, 2.24) is 14.8 Å². The molecule has 3 aromatic rings. The zero-order chi connectivity index (χ0) is 12.5. The molecule has 0 aliphatic rings. The Hall–Kier alpha value is -2.69. The molecule has 0 aliphatic carbocycles. The van der Waals surface area contributed by atoms with Gasteiger partial charge < -0.3 is 5.73 Å². The maximum atomic E-state index is 11.6. The van der Waals surface area contributed by atoms with Crippen LogP contribution in [0.2, 0.25) is 0 Å². The molecule has 0 saturated heterocycles. The summed E-state index contributed by atoms with van der Waals surface area (Å²) in [4.78, 5) is 15.6. The Balaban J connectivity index is 2.36. The van der Waals surface area contributed by atoms with Crippen LogP contribution in [0.3, 0.4) is 0 Å². The molecule has 2 N–H and O–H groups in total. The van der Waals surface area contributed by atoms with Gasteiger partial charge in [0.15, 0.2) is 0 Å². The standard InChI is InChI=1S/C13H10N4O/c14-13(18)12-10-5-1-2-6-11(10)16-17(12)9-4-3-7-15-8-9/h1-8H,(H2,14,18). The third-order valence-corrected chi connectivity index (χ3v) is 2.70. The number of rotatable bonds is 2. The number of aromatic nitrogens is 3. The highest BCUT2D eigenvalue weighted by molar-refractivity contribution is 6.04. The van der Waals surface area contributed by atoms with Crippen molar-refractivity contribution in [1.29, 1.82) is 0 Å². The maximum absolute atomic E-state index is 11.6. The van der Waals surface area contributed by atoms with Gasteiger partial charge in [0.1, 0.15) is 5.69 Å². The lowest BCUT2D eigenvalue weighted by Gasteiger charge is -2.03. The summed E-state index contributed by atoms with van der Waals surface area (Å²) >= 11 is 0. The van der Waals surface area contributed by atoms with Crippen molar-refractivity contribution >= 4 is 16.8 Å². The highest BCUT2D eigenvalue weighted by Crippen LogP contribution is 2.20. The van der Waals surface area contributed by atoms with E-state index in [1.807, 2.05) is 30.3 Å².